The van der Waals surface area contributed by atoms with Crippen molar-refractivity contribution in [3.05, 3.63) is 58.4 Å². The SMILES string of the molecule is CC(C)Cc1cnc(-c2[n-]nc3c2CCCC3(C)C)nc1.CC(C)Cc1cnc(-c2[n-]nc3c2CCCC3(C)C)nc1.[Pt+2]. The van der Waals surface area contributed by atoms with Crippen LogP contribution in [0, 0.1) is 11.8 Å². The Kier molecular flexibility index (Phi) is 10.4. The zero-order valence-electron chi connectivity index (χ0n) is 27.0. The molecular weight excluding hydrogens is 716 g/mol. The van der Waals surface area contributed by atoms with Crippen molar-refractivity contribution < 1.29 is 21.1 Å². The molecule has 2 aliphatic carbocycles. The van der Waals surface area contributed by atoms with E-state index >= 15 is 0 Å². The molecule has 4 aromatic heterocycles. The second kappa shape index (κ2) is 13.5. The van der Waals surface area contributed by atoms with Gasteiger partial charge >= 0.3 is 21.1 Å². The van der Waals surface area contributed by atoms with E-state index in [-0.39, 0.29) is 31.9 Å². The quantitative estimate of drug-likeness (QED) is 0.216. The van der Waals surface area contributed by atoms with Crippen molar-refractivity contribution in [2.45, 2.75) is 118 Å². The van der Waals surface area contributed by atoms with E-state index in [0.717, 1.165) is 48.5 Å². The van der Waals surface area contributed by atoms with Crippen LogP contribution in [-0.2, 0) is 57.6 Å². The normalized spacial score (nSPS) is 16.6. The minimum Gasteiger partial charge on any atom is -0.572 e. The molecular formula is C34H46N8Pt. The van der Waals surface area contributed by atoms with Crippen LogP contribution < -0.4 is 10.2 Å². The molecule has 43 heavy (non-hydrogen) atoms. The molecule has 0 saturated carbocycles. The van der Waals surface area contributed by atoms with Gasteiger partial charge in [0.15, 0.2) is 0 Å². The van der Waals surface area contributed by atoms with Gasteiger partial charge in [0.25, 0.3) is 0 Å². The molecule has 0 radical (unpaired) electrons. The molecule has 0 aliphatic heterocycles. The van der Waals surface area contributed by atoms with Crippen molar-refractivity contribution in [3.8, 4) is 23.0 Å². The summed E-state index contributed by atoms with van der Waals surface area (Å²) in [5.41, 5.74) is 9.16. The van der Waals surface area contributed by atoms with Crippen LogP contribution in [0.15, 0.2) is 24.8 Å². The summed E-state index contributed by atoms with van der Waals surface area (Å²) < 4.78 is 0. The summed E-state index contributed by atoms with van der Waals surface area (Å²) in [4.78, 5) is 18.1. The number of rotatable bonds is 6. The van der Waals surface area contributed by atoms with Crippen molar-refractivity contribution in [1.82, 2.24) is 40.3 Å². The molecule has 2 aliphatic rings. The fourth-order valence-corrected chi connectivity index (χ4v) is 6.35. The first-order valence-electron chi connectivity index (χ1n) is 15.6. The van der Waals surface area contributed by atoms with Gasteiger partial charge in [0, 0.05) is 47.0 Å². The van der Waals surface area contributed by atoms with Crippen molar-refractivity contribution in [2.75, 3.05) is 0 Å². The third-order valence-corrected chi connectivity index (χ3v) is 8.50. The molecule has 0 aromatic carbocycles. The van der Waals surface area contributed by atoms with Crippen LogP contribution in [-0.4, -0.2) is 30.1 Å². The predicted molar refractivity (Wildman–Crippen MR) is 166 cm³/mol. The molecule has 0 N–H and O–H groups in total. The maximum atomic E-state index is 4.52. The third kappa shape index (κ3) is 7.50. The molecule has 8 nitrogen and oxygen atoms in total. The Hall–Kier alpha value is -2.73. The molecule has 4 aromatic rings. The van der Waals surface area contributed by atoms with Gasteiger partial charge in [0.05, 0.1) is 0 Å². The molecule has 0 fully saturated rings. The van der Waals surface area contributed by atoms with E-state index < -0.39 is 0 Å². The van der Waals surface area contributed by atoms with Crippen molar-refractivity contribution in [2.24, 2.45) is 11.8 Å². The predicted octanol–water partition coefficient (Wildman–Crippen LogP) is 6.61. The number of aromatic nitrogens is 8. The third-order valence-electron chi connectivity index (χ3n) is 8.50. The Balaban J connectivity index is 0.000000192. The topological polar surface area (TPSA) is 106 Å². The maximum absolute atomic E-state index is 4.52. The number of hydrogen-bond acceptors (Lipinski definition) is 6. The Morgan fingerprint density at radius 3 is 1.30 bits per heavy atom. The number of hydrogen-bond donors (Lipinski definition) is 0. The number of nitrogens with zero attached hydrogens (tertiary/aromatic N) is 8. The van der Waals surface area contributed by atoms with Crippen LogP contribution in [0.25, 0.3) is 23.0 Å². The van der Waals surface area contributed by atoms with Crippen molar-refractivity contribution in [1.29, 1.82) is 0 Å². The van der Waals surface area contributed by atoms with Crippen LogP contribution >= 0.6 is 0 Å². The average molecular weight is 762 g/mol. The summed E-state index contributed by atoms with van der Waals surface area (Å²) in [7, 11) is 0. The first-order valence-corrected chi connectivity index (χ1v) is 15.6. The minimum atomic E-state index is 0. The molecule has 232 valence electrons. The van der Waals surface area contributed by atoms with E-state index in [1.54, 1.807) is 0 Å². The van der Waals surface area contributed by atoms with Crippen LogP contribution in [0.1, 0.15) is 115 Å². The zero-order valence-corrected chi connectivity index (χ0v) is 29.3. The second-order valence-corrected chi connectivity index (χ2v) is 14.3. The van der Waals surface area contributed by atoms with Gasteiger partial charge < -0.3 is 20.4 Å². The average Bonchev–Trinajstić information content (AvgIpc) is 3.56. The fraction of sp³-hybridized carbons (Fsp3) is 0.588. The Morgan fingerprint density at radius 2 is 0.977 bits per heavy atom. The second-order valence-electron chi connectivity index (χ2n) is 14.3. The summed E-state index contributed by atoms with van der Waals surface area (Å²) in [6.07, 6.45) is 16.5. The standard InChI is InChI=1S/2C17H23N4.Pt/c2*1-11(2)8-12-9-18-16(19-10-12)14-13-6-5-7-17(3,4)15(13)21-20-14;/h2*9-11H,5-8H2,1-4H3;/q2*-1;+2. The monoisotopic (exact) mass is 761 g/mol. The molecule has 0 spiro atoms. The van der Waals surface area contributed by atoms with E-state index in [1.807, 2.05) is 24.8 Å². The van der Waals surface area contributed by atoms with Crippen molar-refractivity contribution in [3.63, 3.8) is 0 Å². The van der Waals surface area contributed by atoms with Gasteiger partial charge in [-0.05, 0) is 85.5 Å². The van der Waals surface area contributed by atoms with Crippen LogP contribution in [0.2, 0.25) is 0 Å². The first kappa shape index (κ1) is 33.2. The van der Waals surface area contributed by atoms with Crippen LogP contribution in [0.3, 0.4) is 0 Å². The Bertz CT molecular complexity index is 1370. The molecule has 0 unspecified atom stereocenters. The van der Waals surface area contributed by atoms with E-state index in [1.165, 1.54) is 47.9 Å². The van der Waals surface area contributed by atoms with E-state index in [0.29, 0.717) is 23.5 Å². The van der Waals surface area contributed by atoms with Gasteiger partial charge in [0.2, 0.25) is 0 Å². The van der Waals surface area contributed by atoms with Gasteiger partial charge in [0.1, 0.15) is 11.6 Å². The molecule has 0 amide bonds. The van der Waals surface area contributed by atoms with E-state index in [9.17, 15) is 0 Å². The summed E-state index contributed by atoms with van der Waals surface area (Å²) in [5.74, 6) is 2.67. The summed E-state index contributed by atoms with van der Waals surface area (Å²) in [6, 6.07) is 0. The van der Waals surface area contributed by atoms with Gasteiger partial charge in [-0.1, -0.05) is 66.8 Å². The fourth-order valence-electron chi connectivity index (χ4n) is 6.35. The first-order chi connectivity index (χ1) is 19.9. The Labute approximate surface area is 271 Å². The molecule has 6 rings (SSSR count). The molecule has 4 heterocycles. The van der Waals surface area contributed by atoms with Gasteiger partial charge in [-0.2, -0.15) is 0 Å². The van der Waals surface area contributed by atoms with E-state index in [4.69, 9.17) is 0 Å². The summed E-state index contributed by atoms with van der Waals surface area (Å²) in [5, 5.41) is 17.6. The van der Waals surface area contributed by atoms with E-state index in [2.05, 4.69) is 95.7 Å². The van der Waals surface area contributed by atoms with Crippen molar-refractivity contribution >= 4 is 0 Å². The van der Waals surface area contributed by atoms with Crippen LogP contribution in [0.5, 0.6) is 0 Å². The largest absolute Gasteiger partial charge is 2.00 e. The van der Waals surface area contributed by atoms with Gasteiger partial charge in [-0.25, -0.2) is 19.9 Å². The molecule has 0 atom stereocenters. The minimum absolute atomic E-state index is 0. The molecule has 0 bridgehead atoms. The zero-order chi connectivity index (χ0) is 30.1. The smallest absolute Gasteiger partial charge is 0.572 e. The molecule has 9 heteroatoms. The maximum Gasteiger partial charge on any atom is 2.00 e. The Morgan fingerprint density at radius 1 is 0.628 bits per heavy atom. The summed E-state index contributed by atoms with van der Waals surface area (Å²) in [6.45, 7) is 17.8. The number of fused-ring (bicyclic) bond motifs is 2. The summed E-state index contributed by atoms with van der Waals surface area (Å²) >= 11 is 0. The van der Waals surface area contributed by atoms with Gasteiger partial charge in [-0.15, -0.1) is 0 Å². The van der Waals surface area contributed by atoms with Crippen LogP contribution in [0.4, 0.5) is 0 Å². The van der Waals surface area contributed by atoms with Gasteiger partial charge in [-0.3, -0.25) is 0 Å². The molecule has 0 saturated heterocycles.